The number of amides is 3. The molecule has 1 saturated carbocycles. The molecular weight excluding hydrogens is 506 g/mol. The van der Waals surface area contributed by atoms with Crippen LogP contribution < -0.4 is 4.74 Å². The zero-order chi connectivity index (χ0) is 27.8. The number of ether oxygens (including phenoxy) is 1. The average molecular weight is 542 g/mol. The van der Waals surface area contributed by atoms with Gasteiger partial charge in [-0.15, -0.1) is 0 Å². The van der Waals surface area contributed by atoms with E-state index in [1.807, 2.05) is 6.07 Å². The zero-order valence-corrected chi connectivity index (χ0v) is 23.1. The molecule has 8 nitrogen and oxygen atoms in total. The molecule has 0 radical (unpaired) electrons. The summed E-state index contributed by atoms with van der Waals surface area (Å²) in [5, 5.41) is 0. The Morgan fingerprint density at radius 1 is 0.925 bits per heavy atom. The molecule has 1 unspecified atom stereocenters. The number of piperazine rings is 1. The van der Waals surface area contributed by atoms with Crippen molar-refractivity contribution in [3.8, 4) is 5.75 Å². The normalized spacial score (nSPS) is 18.9. The van der Waals surface area contributed by atoms with E-state index >= 15 is 0 Å². The highest BCUT2D eigenvalue weighted by atomic mass is 16.5. The quantitative estimate of drug-likeness (QED) is 0.463. The predicted molar refractivity (Wildman–Crippen MR) is 149 cm³/mol. The number of rotatable bonds is 6. The highest BCUT2D eigenvalue weighted by Gasteiger charge is 2.39. The van der Waals surface area contributed by atoms with Gasteiger partial charge in [0.1, 0.15) is 18.1 Å². The van der Waals surface area contributed by atoms with Crippen molar-refractivity contribution >= 4 is 17.7 Å². The van der Waals surface area contributed by atoms with Crippen molar-refractivity contribution in [3.63, 3.8) is 0 Å². The number of hydrogen-bond acceptors (Lipinski definition) is 5. The largest absolute Gasteiger partial charge is 0.486 e. The Labute approximate surface area is 234 Å². The second kappa shape index (κ2) is 10.8. The van der Waals surface area contributed by atoms with E-state index < -0.39 is 0 Å². The van der Waals surface area contributed by atoms with E-state index in [0.29, 0.717) is 44.2 Å². The fourth-order valence-corrected chi connectivity index (χ4v) is 5.79. The molecule has 3 amide bonds. The summed E-state index contributed by atoms with van der Waals surface area (Å²) in [4.78, 5) is 43.3. The van der Waals surface area contributed by atoms with E-state index in [-0.39, 0.29) is 42.0 Å². The van der Waals surface area contributed by atoms with Crippen molar-refractivity contribution in [2.24, 2.45) is 5.92 Å². The number of benzene rings is 2. The monoisotopic (exact) mass is 541 g/mol. The fourth-order valence-electron chi connectivity index (χ4n) is 5.79. The van der Waals surface area contributed by atoms with Crippen LogP contribution in [0.4, 0.5) is 0 Å². The molecule has 8 heteroatoms. The molecular formula is C32H35N3O5. The second-order valence-electron chi connectivity index (χ2n) is 11.1. The molecule has 2 fully saturated rings. The first-order valence-electron chi connectivity index (χ1n) is 14.1. The summed E-state index contributed by atoms with van der Waals surface area (Å²) in [7, 11) is 0. The zero-order valence-electron chi connectivity index (χ0n) is 23.1. The third kappa shape index (κ3) is 5.35. The second-order valence-corrected chi connectivity index (χ2v) is 11.1. The Morgan fingerprint density at radius 2 is 1.70 bits per heavy atom. The molecule has 1 aliphatic carbocycles. The highest BCUT2D eigenvalue weighted by Crippen LogP contribution is 2.41. The average Bonchev–Trinajstić information content (AvgIpc) is 3.72. The van der Waals surface area contributed by atoms with Gasteiger partial charge in [0.25, 0.3) is 5.91 Å². The van der Waals surface area contributed by atoms with Crippen molar-refractivity contribution in [1.29, 1.82) is 0 Å². The number of nitrogens with zero attached hydrogens (tertiary/aromatic N) is 3. The minimum absolute atomic E-state index is 0.0270. The van der Waals surface area contributed by atoms with E-state index in [4.69, 9.17) is 9.15 Å². The Balaban J connectivity index is 1.17. The van der Waals surface area contributed by atoms with Crippen LogP contribution in [0.15, 0.2) is 59.0 Å². The van der Waals surface area contributed by atoms with Gasteiger partial charge in [-0.3, -0.25) is 14.4 Å². The molecule has 3 heterocycles. The van der Waals surface area contributed by atoms with Crippen molar-refractivity contribution in [3.05, 3.63) is 88.4 Å². The van der Waals surface area contributed by atoms with Crippen molar-refractivity contribution in [2.45, 2.75) is 45.8 Å². The van der Waals surface area contributed by atoms with Gasteiger partial charge >= 0.3 is 0 Å². The third-order valence-corrected chi connectivity index (χ3v) is 8.18. The first kappa shape index (κ1) is 26.2. The summed E-state index contributed by atoms with van der Waals surface area (Å²) >= 11 is 0. The molecule has 2 aliphatic heterocycles. The third-order valence-electron chi connectivity index (χ3n) is 8.18. The molecule has 1 atom stereocenters. The number of fused-ring (bicyclic) bond motifs is 1. The molecule has 6 rings (SSSR count). The number of furan rings is 1. The maximum atomic E-state index is 13.3. The van der Waals surface area contributed by atoms with Gasteiger partial charge in [0.2, 0.25) is 11.8 Å². The molecule has 3 aromatic rings. The smallest absolute Gasteiger partial charge is 0.289 e. The summed E-state index contributed by atoms with van der Waals surface area (Å²) < 4.78 is 12.0. The van der Waals surface area contributed by atoms with Gasteiger partial charge in [0.15, 0.2) is 5.76 Å². The van der Waals surface area contributed by atoms with Crippen LogP contribution in [0.2, 0.25) is 0 Å². The molecule has 1 saturated heterocycles. The first-order valence-corrected chi connectivity index (χ1v) is 14.1. The van der Waals surface area contributed by atoms with Crippen molar-refractivity contribution < 1.29 is 23.5 Å². The Morgan fingerprint density at radius 3 is 2.42 bits per heavy atom. The van der Waals surface area contributed by atoms with Gasteiger partial charge in [0.05, 0.1) is 6.04 Å². The standard InChI is InChI=1S/C32H35N3O5/c1-21-4-3-5-25(18-21)30-28-19-26(9-8-23(28)12-13-35(30)31(37)24-6-7-24)39-20-27-10-11-29(40-27)32(38)34-16-14-33(15-17-34)22(2)36/h3-5,8-11,18-19,24,30H,6-7,12-17,20H2,1-2H3. The number of carbonyl (C=O) groups excluding carboxylic acids is 3. The predicted octanol–water partition coefficient (Wildman–Crippen LogP) is 4.36. The molecule has 3 aliphatic rings. The van der Waals surface area contributed by atoms with Crippen LogP contribution in [-0.4, -0.2) is 65.1 Å². The summed E-state index contributed by atoms with van der Waals surface area (Å²) in [6.07, 6.45) is 2.78. The lowest BCUT2D eigenvalue weighted by atomic mass is 9.87. The maximum Gasteiger partial charge on any atom is 0.289 e. The molecule has 0 spiro atoms. The van der Waals surface area contributed by atoms with Crippen LogP contribution in [0.25, 0.3) is 0 Å². The SMILES string of the molecule is CC(=O)N1CCN(C(=O)c2ccc(COc3ccc4c(c3)C(c3cccc(C)c3)N(C(=O)C3CC3)CC4)o2)CC1. The van der Waals surface area contributed by atoms with E-state index in [0.717, 1.165) is 30.4 Å². The summed E-state index contributed by atoms with van der Waals surface area (Å²) in [6, 6.07) is 17.8. The molecule has 40 heavy (non-hydrogen) atoms. The van der Waals surface area contributed by atoms with Gasteiger partial charge in [-0.25, -0.2) is 0 Å². The van der Waals surface area contributed by atoms with Crippen LogP contribution in [0.3, 0.4) is 0 Å². The van der Waals surface area contributed by atoms with E-state index in [1.165, 1.54) is 11.1 Å². The van der Waals surface area contributed by atoms with Crippen LogP contribution in [0.1, 0.15) is 64.4 Å². The maximum absolute atomic E-state index is 13.3. The summed E-state index contributed by atoms with van der Waals surface area (Å²) in [5.74, 6) is 1.78. The van der Waals surface area contributed by atoms with Crippen molar-refractivity contribution in [2.75, 3.05) is 32.7 Å². The Kier molecular flexibility index (Phi) is 7.09. The lowest BCUT2D eigenvalue weighted by Gasteiger charge is -2.38. The van der Waals surface area contributed by atoms with Crippen LogP contribution in [0, 0.1) is 12.8 Å². The fraction of sp³-hybridized carbons (Fsp3) is 0.406. The van der Waals surface area contributed by atoms with E-state index in [1.54, 1.807) is 28.9 Å². The van der Waals surface area contributed by atoms with Crippen molar-refractivity contribution in [1.82, 2.24) is 14.7 Å². The van der Waals surface area contributed by atoms with Crippen LogP contribution in [0.5, 0.6) is 5.75 Å². The molecule has 1 aromatic heterocycles. The molecule has 0 N–H and O–H groups in total. The van der Waals surface area contributed by atoms with Gasteiger partial charge in [-0.05, 0) is 67.1 Å². The lowest BCUT2D eigenvalue weighted by molar-refractivity contribution is -0.134. The minimum Gasteiger partial charge on any atom is -0.486 e. The highest BCUT2D eigenvalue weighted by molar-refractivity contribution is 5.91. The molecule has 2 aromatic carbocycles. The topological polar surface area (TPSA) is 83.3 Å². The van der Waals surface area contributed by atoms with Crippen LogP contribution >= 0.6 is 0 Å². The van der Waals surface area contributed by atoms with Gasteiger partial charge in [-0.2, -0.15) is 0 Å². The minimum atomic E-state index is -0.176. The molecule has 208 valence electrons. The number of hydrogen-bond donors (Lipinski definition) is 0. The van der Waals surface area contributed by atoms with E-state index in [2.05, 4.69) is 48.2 Å². The molecule has 0 bridgehead atoms. The van der Waals surface area contributed by atoms with Gasteiger partial charge in [-0.1, -0.05) is 35.9 Å². The first-order chi connectivity index (χ1) is 19.4. The van der Waals surface area contributed by atoms with Gasteiger partial charge in [0, 0.05) is 45.6 Å². The number of aryl methyl sites for hydroxylation is 1. The van der Waals surface area contributed by atoms with E-state index in [9.17, 15) is 14.4 Å². The number of carbonyl (C=O) groups is 3. The summed E-state index contributed by atoms with van der Waals surface area (Å²) in [6.45, 7) is 6.56. The Hall–Kier alpha value is -4.07. The Bertz CT molecular complexity index is 1430. The van der Waals surface area contributed by atoms with Gasteiger partial charge < -0.3 is 23.9 Å². The lowest BCUT2D eigenvalue weighted by Crippen LogP contribution is -2.50. The van der Waals surface area contributed by atoms with Crippen LogP contribution in [-0.2, 0) is 22.6 Å². The summed E-state index contributed by atoms with van der Waals surface area (Å²) in [5.41, 5.74) is 4.61.